The predicted octanol–water partition coefficient (Wildman–Crippen LogP) is 2.13. The number of nitrogens with one attached hydrogen (secondary N) is 1. The van der Waals surface area contributed by atoms with Crippen molar-refractivity contribution in [3.8, 4) is 0 Å². The van der Waals surface area contributed by atoms with Crippen molar-refractivity contribution in [1.29, 1.82) is 0 Å². The average Bonchev–Trinajstić information content (AvgIpc) is 2.92. The highest BCUT2D eigenvalue weighted by molar-refractivity contribution is 7.15. The first kappa shape index (κ1) is 17.4. The van der Waals surface area contributed by atoms with Crippen molar-refractivity contribution in [3.63, 3.8) is 0 Å². The third kappa shape index (κ3) is 5.75. The van der Waals surface area contributed by atoms with Crippen molar-refractivity contribution in [2.45, 2.75) is 32.9 Å². The van der Waals surface area contributed by atoms with Crippen LogP contribution in [0.5, 0.6) is 0 Å². The maximum atomic E-state index is 5.20. The first-order valence-electron chi connectivity index (χ1n) is 7.12. The molecular formula is C14H27N3O2S. The summed E-state index contributed by atoms with van der Waals surface area (Å²) in [5.74, 6) is 0. The van der Waals surface area contributed by atoms with E-state index in [-0.39, 0.29) is 0 Å². The highest BCUT2D eigenvalue weighted by Gasteiger charge is 2.16. The van der Waals surface area contributed by atoms with Gasteiger partial charge in [-0.15, -0.1) is 11.3 Å². The molecule has 1 N–H and O–H groups in total. The van der Waals surface area contributed by atoms with Gasteiger partial charge in [0.05, 0.1) is 13.2 Å². The highest BCUT2D eigenvalue weighted by Crippen LogP contribution is 2.24. The molecule has 116 valence electrons. The van der Waals surface area contributed by atoms with E-state index in [0.717, 1.165) is 44.4 Å². The third-order valence-electron chi connectivity index (χ3n) is 3.23. The molecule has 0 aliphatic carbocycles. The van der Waals surface area contributed by atoms with Crippen LogP contribution in [0.2, 0.25) is 0 Å². The lowest BCUT2D eigenvalue weighted by Gasteiger charge is -2.27. The first-order chi connectivity index (χ1) is 9.72. The first-order valence-corrected chi connectivity index (χ1v) is 7.94. The Morgan fingerprint density at radius 3 is 2.75 bits per heavy atom. The number of methoxy groups -OCH3 is 2. The van der Waals surface area contributed by atoms with Gasteiger partial charge in [-0.1, -0.05) is 6.92 Å². The van der Waals surface area contributed by atoms with Crippen molar-refractivity contribution in [2.24, 2.45) is 0 Å². The number of thiazole rings is 1. The smallest absolute Gasteiger partial charge is 0.185 e. The fraction of sp³-hybridized carbons (Fsp3) is 0.786. The van der Waals surface area contributed by atoms with Crippen LogP contribution in [0.4, 0.5) is 5.13 Å². The lowest BCUT2D eigenvalue weighted by molar-refractivity contribution is 0.199. The normalized spacial score (nSPS) is 12.6. The summed E-state index contributed by atoms with van der Waals surface area (Å²) < 4.78 is 10.2. The van der Waals surface area contributed by atoms with Gasteiger partial charge in [0, 0.05) is 51.0 Å². The zero-order valence-corrected chi connectivity index (χ0v) is 13.8. The van der Waals surface area contributed by atoms with Gasteiger partial charge in [-0.2, -0.15) is 0 Å². The zero-order valence-electron chi connectivity index (χ0n) is 13.0. The molecule has 0 aliphatic rings. The monoisotopic (exact) mass is 301 g/mol. The number of hydrogen-bond acceptors (Lipinski definition) is 6. The van der Waals surface area contributed by atoms with Crippen LogP contribution in [0.3, 0.4) is 0 Å². The minimum absolute atomic E-state index is 0.477. The van der Waals surface area contributed by atoms with Gasteiger partial charge >= 0.3 is 0 Å². The number of hydrogen-bond donors (Lipinski definition) is 1. The van der Waals surface area contributed by atoms with Crippen LogP contribution in [0.15, 0.2) is 6.20 Å². The Bertz CT molecular complexity index is 360. The molecule has 1 aromatic rings. The number of nitrogens with zero attached hydrogens (tertiary/aromatic N) is 2. The van der Waals surface area contributed by atoms with Gasteiger partial charge in [0.1, 0.15) is 0 Å². The predicted molar refractivity (Wildman–Crippen MR) is 84.7 cm³/mol. The topological polar surface area (TPSA) is 46.6 Å². The van der Waals surface area contributed by atoms with E-state index in [4.69, 9.17) is 9.47 Å². The van der Waals surface area contributed by atoms with Gasteiger partial charge in [-0.25, -0.2) is 4.98 Å². The number of ether oxygens (including phenoxy) is 2. The van der Waals surface area contributed by atoms with E-state index < -0.39 is 0 Å². The maximum absolute atomic E-state index is 5.20. The van der Waals surface area contributed by atoms with Gasteiger partial charge in [-0.05, 0) is 13.3 Å². The second-order valence-electron chi connectivity index (χ2n) is 4.72. The molecule has 6 heteroatoms. The summed E-state index contributed by atoms with van der Waals surface area (Å²) in [6.07, 6.45) is 3.06. The molecule has 1 aromatic heterocycles. The van der Waals surface area contributed by atoms with Crippen LogP contribution in [-0.4, -0.2) is 51.5 Å². The van der Waals surface area contributed by atoms with Crippen LogP contribution >= 0.6 is 11.3 Å². The van der Waals surface area contributed by atoms with Crippen molar-refractivity contribution >= 4 is 16.5 Å². The van der Waals surface area contributed by atoms with Crippen molar-refractivity contribution < 1.29 is 9.47 Å². The highest BCUT2D eigenvalue weighted by atomic mass is 32.1. The molecule has 1 atom stereocenters. The Labute approximate surface area is 126 Å². The fourth-order valence-corrected chi connectivity index (χ4v) is 2.82. The van der Waals surface area contributed by atoms with E-state index >= 15 is 0 Å². The quantitative estimate of drug-likeness (QED) is 0.635. The second kappa shape index (κ2) is 10.1. The SMILES string of the molecule is CCC(C)N(CCOC)c1ncc(CNCCOC)s1. The van der Waals surface area contributed by atoms with Crippen LogP contribution in [0.25, 0.3) is 0 Å². The minimum atomic E-state index is 0.477. The molecule has 1 rings (SSSR count). The van der Waals surface area contributed by atoms with E-state index in [2.05, 4.69) is 29.0 Å². The molecule has 0 bridgehead atoms. The van der Waals surface area contributed by atoms with E-state index in [1.54, 1.807) is 25.6 Å². The van der Waals surface area contributed by atoms with E-state index in [9.17, 15) is 0 Å². The second-order valence-corrected chi connectivity index (χ2v) is 5.82. The Hall–Kier alpha value is -0.690. The van der Waals surface area contributed by atoms with Crippen LogP contribution < -0.4 is 10.2 Å². The molecular weight excluding hydrogens is 274 g/mol. The van der Waals surface area contributed by atoms with Gasteiger partial charge < -0.3 is 19.7 Å². The summed E-state index contributed by atoms with van der Waals surface area (Å²) in [5.41, 5.74) is 0. The third-order valence-corrected chi connectivity index (χ3v) is 4.26. The molecule has 5 nitrogen and oxygen atoms in total. The van der Waals surface area contributed by atoms with Crippen LogP contribution in [-0.2, 0) is 16.0 Å². The van der Waals surface area contributed by atoms with E-state index in [0.29, 0.717) is 6.04 Å². The molecule has 0 aromatic carbocycles. The molecule has 0 fully saturated rings. The van der Waals surface area contributed by atoms with Gasteiger partial charge in [0.15, 0.2) is 5.13 Å². The molecule has 1 unspecified atom stereocenters. The molecule has 0 aliphatic heterocycles. The van der Waals surface area contributed by atoms with Gasteiger partial charge in [0.2, 0.25) is 0 Å². The summed E-state index contributed by atoms with van der Waals surface area (Å²) in [6.45, 7) is 8.49. The summed E-state index contributed by atoms with van der Waals surface area (Å²) >= 11 is 1.75. The molecule has 20 heavy (non-hydrogen) atoms. The summed E-state index contributed by atoms with van der Waals surface area (Å²) in [5, 5.41) is 4.43. The van der Waals surface area contributed by atoms with Gasteiger partial charge in [0.25, 0.3) is 0 Å². The van der Waals surface area contributed by atoms with Crippen LogP contribution in [0.1, 0.15) is 25.1 Å². The standard InChI is InChI=1S/C14H27N3O2S/c1-5-12(2)17(7-9-19-4)14-16-11-13(20-14)10-15-6-8-18-3/h11-12,15H,5-10H2,1-4H3. The van der Waals surface area contributed by atoms with E-state index in [1.165, 1.54) is 4.88 Å². The lowest BCUT2D eigenvalue weighted by Crippen LogP contribution is -2.35. The Balaban J connectivity index is 2.56. The molecule has 0 radical (unpaired) electrons. The van der Waals surface area contributed by atoms with Crippen molar-refractivity contribution in [3.05, 3.63) is 11.1 Å². The Kier molecular flexibility index (Phi) is 8.77. The average molecular weight is 301 g/mol. The van der Waals surface area contributed by atoms with Crippen LogP contribution in [0, 0.1) is 0 Å². The zero-order chi connectivity index (χ0) is 14.8. The molecule has 1 heterocycles. The number of aromatic nitrogens is 1. The Morgan fingerprint density at radius 1 is 1.35 bits per heavy atom. The summed E-state index contributed by atoms with van der Waals surface area (Å²) in [7, 11) is 3.45. The molecule has 0 amide bonds. The maximum Gasteiger partial charge on any atom is 0.185 e. The molecule has 0 saturated carbocycles. The fourth-order valence-electron chi connectivity index (χ4n) is 1.81. The summed E-state index contributed by atoms with van der Waals surface area (Å²) in [6, 6.07) is 0.477. The molecule has 0 spiro atoms. The lowest BCUT2D eigenvalue weighted by atomic mass is 10.2. The Morgan fingerprint density at radius 2 is 2.10 bits per heavy atom. The largest absolute Gasteiger partial charge is 0.383 e. The van der Waals surface area contributed by atoms with Crippen molar-refractivity contribution in [1.82, 2.24) is 10.3 Å². The van der Waals surface area contributed by atoms with Gasteiger partial charge in [-0.3, -0.25) is 0 Å². The minimum Gasteiger partial charge on any atom is -0.383 e. The molecule has 0 saturated heterocycles. The summed E-state index contributed by atoms with van der Waals surface area (Å²) in [4.78, 5) is 8.13. The van der Waals surface area contributed by atoms with E-state index in [1.807, 2.05) is 6.20 Å². The van der Waals surface area contributed by atoms with Crippen molar-refractivity contribution in [2.75, 3.05) is 45.4 Å². The number of rotatable bonds is 11. The number of anilines is 1.